The van der Waals surface area contributed by atoms with Gasteiger partial charge in [0.05, 0.1) is 5.69 Å². The van der Waals surface area contributed by atoms with Crippen LogP contribution in [0, 0.1) is 0 Å². The number of hydrogen-bond donors (Lipinski definition) is 0. The van der Waals surface area contributed by atoms with Crippen LogP contribution >= 0.6 is 0 Å². The van der Waals surface area contributed by atoms with Crippen molar-refractivity contribution in [2.24, 2.45) is 0 Å². The average molecular weight is 286 g/mol. The number of nitrogens with zero attached hydrogens (tertiary/aromatic N) is 4. The Balaban J connectivity index is 1.46. The topological polar surface area (TPSA) is 43.2 Å². The van der Waals surface area contributed by atoms with Crippen LogP contribution in [0.4, 0.5) is 0 Å². The molecule has 112 valence electrons. The van der Waals surface area contributed by atoms with Crippen molar-refractivity contribution in [3.63, 3.8) is 0 Å². The third kappa shape index (κ3) is 3.82. The average Bonchev–Trinajstić information content (AvgIpc) is 2.98. The van der Waals surface area contributed by atoms with Crippen molar-refractivity contribution < 1.29 is 4.74 Å². The molecule has 5 heteroatoms. The highest BCUT2D eigenvalue weighted by atomic mass is 16.5. The van der Waals surface area contributed by atoms with Crippen molar-refractivity contribution in [3.8, 4) is 5.75 Å². The Kier molecular flexibility index (Phi) is 4.50. The lowest BCUT2D eigenvalue weighted by Crippen LogP contribution is -2.37. The van der Waals surface area contributed by atoms with Crippen LogP contribution in [-0.4, -0.2) is 38.9 Å². The van der Waals surface area contributed by atoms with E-state index in [4.69, 9.17) is 4.74 Å². The summed E-state index contributed by atoms with van der Waals surface area (Å²) in [5.74, 6) is 0.921. The first-order valence-corrected chi connectivity index (χ1v) is 7.65. The smallest absolute Gasteiger partial charge is 0.122 e. The Morgan fingerprint density at radius 2 is 1.95 bits per heavy atom. The van der Waals surface area contributed by atoms with Crippen molar-refractivity contribution in [1.82, 2.24) is 19.7 Å². The normalized spacial score (nSPS) is 17.0. The highest BCUT2D eigenvalue weighted by Crippen LogP contribution is 2.19. The summed E-state index contributed by atoms with van der Waals surface area (Å²) < 4.78 is 7.97. The number of piperidine rings is 1. The van der Waals surface area contributed by atoms with Crippen LogP contribution in [0.2, 0.25) is 0 Å². The predicted octanol–water partition coefficient (Wildman–Crippen LogP) is 2.34. The molecule has 0 spiro atoms. The molecule has 3 heterocycles. The molecule has 5 nitrogen and oxygen atoms in total. The second-order valence-corrected chi connectivity index (χ2v) is 5.44. The van der Waals surface area contributed by atoms with Crippen LogP contribution in [-0.2, 0) is 13.1 Å². The minimum Gasteiger partial charge on any atom is -0.490 e. The zero-order valence-electron chi connectivity index (χ0n) is 12.5. The number of aromatic nitrogens is 3. The second kappa shape index (κ2) is 6.72. The van der Waals surface area contributed by atoms with Crippen LogP contribution in [0.3, 0.4) is 0 Å². The van der Waals surface area contributed by atoms with Crippen LogP contribution in [0.15, 0.2) is 36.8 Å². The number of aryl methyl sites for hydroxylation is 1. The Bertz CT molecular complexity index is 546. The number of likely N-dealkylation sites (tertiary alicyclic amines) is 1. The van der Waals surface area contributed by atoms with Gasteiger partial charge in [-0.25, -0.2) is 0 Å². The van der Waals surface area contributed by atoms with Crippen molar-refractivity contribution in [2.75, 3.05) is 13.1 Å². The van der Waals surface area contributed by atoms with E-state index >= 15 is 0 Å². The largest absolute Gasteiger partial charge is 0.490 e. The van der Waals surface area contributed by atoms with Gasteiger partial charge >= 0.3 is 0 Å². The zero-order valence-corrected chi connectivity index (χ0v) is 12.5. The molecule has 2 aromatic rings. The zero-order chi connectivity index (χ0) is 14.5. The monoisotopic (exact) mass is 286 g/mol. The molecule has 0 unspecified atom stereocenters. The van der Waals surface area contributed by atoms with E-state index in [2.05, 4.69) is 34.2 Å². The summed E-state index contributed by atoms with van der Waals surface area (Å²) in [5, 5.41) is 4.55. The molecule has 1 aliphatic heterocycles. The molecule has 0 amide bonds. The minimum absolute atomic E-state index is 0.317. The van der Waals surface area contributed by atoms with E-state index in [9.17, 15) is 0 Å². The molecule has 0 aliphatic carbocycles. The lowest BCUT2D eigenvalue weighted by molar-refractivity contribution is 0.0959. The highest BCUT2D eigenvalue weighted by Gasteiger charge is 2.21. The van der Waals surface area contributed by atoms with Crippen molar-refractivity contribution >= 4 is 0 Å². The first-order valence-electron chi connectivity index (χ1n) is 7.65. The van der Waals surface area contributed by atoms with E-state index in [1.165, 1.54) is 0 Å². The van der Waals surface area contributed by atoms with Crippen molar-refractivity contribution in [3.05, 3.63) is 42.5 Å². The second-order valence-electron chi connectivity index (χ2n) is 5.44. The quantitative estimate of drug-likeness (QED) is 0.846. The number of hydrogen-bond acceptors (Lipinski definition) is 4. The van der Waals surface area contributed by atoms with Gasteiger partial charge in [0.25, 0.3) is 0 Å². The van der Waals surface area contributed by atoms with E-state index in [-0.39, 0.29) is 0 Å². The van der Waals surface area contributed by atoms with Gasteiger partial charge in [-0.05, 0) is 38.0 Å². The van der Waals surface area contributed by atoms with Crippen molar-refractivity contribution in [1.29, 1.82) is 0 Å². The summed E-state index contributed by atoms with van der Waals surface area (Å²) in [6.07, 6.45) is 8.04. The van der Waals surface area contributed by atoms with Crippen LogP contribution in [0.1, 0.15) is 25.5 Å². The van der Waals surface area contributed by atoms with Gasteiger partial charge in [-0.1, -0.05) is 0 Å². The van der Waals surface area contributed by atoms with Gasteiger partial charge < -0.3 is 4.74 Å². The molecule has 3 rings (SSSR count). The summed E-state index contributed by atoms with van der Waals surface area (Å²) in [6, 6.07) is 5.95. The maximum absolute atomic E-state index is 5.99. The van der Waals surface area contributed by atoms with Crippen molar-refractivity contribution in [2.45, 2.75) is 39.0 Å². The Hall–Kier alpha value is -1.88. The molecular weight excluding hydrogens is 264 g/mol. The summed E-state index contributed by atoms with van der Waals surface area (Å²) in [5.41, 5.74) is 1.16. The molecule has 21 heavy (non-hydrogen) atoms. The fourth-order valence-electron chi connectivity index (χ4n) is 2.69. The van der Waals surface area contributed by atoms with E-state index in [1.807, 2.05) is 16.8 Å². The van der Waals surface area contributed by atoms with E-state index in [0.717, 1.165) is 50.5 Å². The summed E-state index contributed by atoms with van der Waals surface area (Å²) in [6.45, 7) is 6.11. The number of ether oxygens (including phenoxy) is 1. The molecule has 0 saturated carbocycles. The summed E-state index contributed by atoms with van der Waals surface area (Å²) in [4.78, 5) is 6.46. The van der Waals surface area contributed by atoms with Crippen LogP contribution in [0.25, 0.3) is 0 Å². The molecule has 0 N–H and O–H groups in total. The molecule has 2 aromatic heterocycles. The minimum atomic E-state index is 0.317. The third-order valence-corrected chi connectivity index (χ3v) is 3.89. The van der Waals surface area contributed by atoms with E-state index in [1.54, 1.807) is 12.4 Å². The van der Waals surface area contributed by atoms with Gasteiger partial charge in [-0.2, -0.15) is 5.10 Å². The molecule has 0 bridgehead atoms. The highest BCUT2D eigenvalue weighted by molar-refractivity contribution is 5.17. The predicted molar refractivity (Wildman–Crippen MR) is 81.1 cm³/mol. The van der Waals surface area contributed by atoms with Gasteiger partial charge in [-0.3, -0.25) is 14.6 Å². The first kappa shape index (κ1) is 14.1. The Labute approximate surface area is 125 Å². The molecule has 1 aliphatic rings. The molecule has 1 saturated heterocycles. The third-order valence-electron chi connectivity index (χ3n) is 3.89. The van der Waals surface area contributed by atoms with Gasteiger partial charge in [0.2, 0.25) is 0 Å². The van der Waals surface area contributed by atoms with Gasteiger partial charge in [-0.15, -0.1) is 0 Å². The molecule has 0 radical (unpaired) electrons. The number of rotatable bonds is 5. The maximum Gasteiger partial charge on any atom is 0.122 e. The Morgan fingerprint density at radius 1 is 1.19 bits per heavy atom. The van der Waals surface area contributed by atoms with Crippen LogP contribution in [0.5, 0.6) is 5.75 Å². The van der Waals surface area contributed by atoms with E-state index in [0.29, 0.717) is 6.10 Å². The fraction of sp³-hybridized carbons (Fsp3) is 0.500. The Morgan fingerprint density at radius 3 is 2.62 bits per heavy atom. The standard InChI is InChI=1S/C16H22N4O/c1-2-20-12-5-14(18-20)13-19-10-6-16(7-11-19)21-15-3-8-17-9-4-15/h3-5,8-9,12,16H,2,6-7,10-11,13H2,1H3. The molecular formula is C16H22N4O. The lowest BCUT2D eigenvalue weighted by atomic mass is 10.1. The van der Waals surface area contributed by atoms with Gasteiger partial charge in [0.15, 0.2) is 0 Å². The summed E-state index contributed by atoms with van der Waals surface area (Å²) in [7, 11) is 0. The van der Waals surface area contributed by atoms with Gasteiger partial charge in [0.1, 0.15) is 11.9 Å². The van der Waals surface area contributed by atoms with Gasteiger partial charge in [0, 0.05) is 44.8 Å². The SMILES string of the molecule is CCn1ccc(CN2CCC(Oc3ccncc3)CC2)n1. The molecule has 0 atom stereocenters. The number of pyridine rings is 1. The van der Waals surface area contributed by atoms with E-state index < -0.39 is 0 Å². The first-order chi connectivity index (χ1) is 10.3. The van der Waals surface area contributed by atoms with Crippen LogP contribution < -0.4 is 4.74 Å². The maximum atomic E-state index is 5.99. The molecule has 1 fully saturated rings. The molecule has 0 aromatic carbocycles. The summed E-state index contributed by atoms with van der Waals surface area (Å²) >= 11 is 0. The lowest BCUT2D eigenvalue weighted by Gasteiger charge is -2.31. The fourth-order valence-corrected chi connectivity index (χ4v) is 2.69.